The average molecular weight is 327 g/mol. The second-order valence-corrected chi connectivity index (χ2v) is 6.05. The molecule has 0 aliphatic heterocycles. The summed E-state index contributed by atoms with van der Waals surface area (Å²) in [5.74, 6) is 0.207. The number of benzene rings is 3. The monoisotopic (exact) mass is 327 g/mol. The van der Waals surface area contributed by atoms with Crippen molar-refractivity contribution in [2.75, 3.05) is 0 Å². The van der Waals surface area contributed by atoms with Crippen LogP contribution in [0.4, 0.5) is 0 Å². The highest BCUT2D eigenvalue weighted by atomic mass is 16.5. The average Bonchev–Trinajstić information content (AvgIpc) is 3.06. The summed E-state index contributed by atoms with van der Waals surface area (Å²) in [6, 6.07) is 25.2. The first-order valence-electron chi connectivity index (χ1n) is 8.16. The maximum Gasteiger partial charge on any atom is 0.343 e. The zero-order valence-electron chi connectivity index (χ0n) is 13.8. The summed E-state index contributed by atoms with van der Waals surface area (Å²) in [6.07, 6.45) is 0. The Morgan fingerprint density at radius 2 is 1.68 bits per heavy atom. The maximum absolute atomic E-state index is 12.3. The minimum Gasteiger partial charge on any atom is -0.423 e. The molecule has 1 N–H and O–H groups in total. The van der Waals surface area contributed by atoms with Crippen LogP contribution in [0.5, 0.6) is 5.75 Å². The molecule has 0 aliphatic rings. The van der Waals surface area contributed by atoms with Crippen LogP contribution in [0.3, 0.4) is 0 Å². The van der Waals surface area contributed by atoms with Gasteiger partial charge >= 0.3 is 5.97 Å². The number of hydrogen-bond donors (Lipinski definition) is 1. The van der Waals surface area contributed by atoms with Gasteiger partial charge in [-0.15, -0.1) is 0 Å². The van der Waals surface area contributed by atoms with E-state index in [9.17, 15) is 4.79 Å². The topological polar surface area (TPSA) is 42.1 Å². The molecule has 25 heavy (non-hydrogen) atoms. The molecule has 0 saturated carbocycles. The van der Waals surface area contributed by atoms with Gasteiger partial charge in [0.25, 0.3) is 0 Å². The third-order valence-electron chi connectivity index (χ3n) is 4.16. The van der Waals surface area contributed by atoms with Crippen molar-refractivity contribution < 1.29 is 9.53 Å². The van der Waals surface area contributed by atoms with Crippen molar-refractivity contribution in [3.63, 3.8) is 0 Å². The van der Waals surface area contributed by atoms with Gasteiger partial charge in [-0.3, -0.25) is 0 Å². The lowest BCUT2D eigenvalue weighted by atomic mass is 10.1. The van der Waals surface area contributed by atoms with Crippen LogP contribution in [0.1, 0.15) is 15.9 Å². The van der Waals surface area contributed by atoms with Crippen LogP contribution in [0.15, 0.2) is 78.9 Å². The minimum absolute atomic E-state index is 0.353. The van der Waals surface area contributed by atoms with Crippen molar-refractivity contribution in [3.8, 4) is 17.0 Å². The minimum atomic E-state index is -0.353. The van der Waals surface area contributed by atoms with Crippen molar-refractivity contribution >= 4 is 16.9 Å². The van der Waals surface area contributed by atoms with Crippen LogP contribution >= 0.6 is 0 Å². The number of H-pyrrole nitrogens is 1. The molecular weight excluding hydrogens is 310 g/mol. The quantitative estimate of drug-likeness (QED) is 0.406. The van der Waals surface area contributed by atoms with Crippen molar-refractivity contribution in [2.45, 2.75) is 6.92 Å². The van der Waals surface area contributed by atoms with Gasteiger partial charge in [0.1, 0.15) is 5.75 Å². The van der Waals surface area contributed by atoms with Gasteiger partial charge < -0.3 is 9.72 Å². The molecule has 0 fully saturated rings. The number of hydrogen-bond acceptors (Lipinski definition) is 2. The number of ether oxygens (including phenoxy) is 1. The summed E-state index contributed by atoms with van der Waals surface area (Å²) in [4.78, 5) is 15.7. The van der Waals surface area contributed by atoms with E-state index in [0.717, 1.165) is 22.3 Å². The normalized spacial score (nSPS) is 10.8. The molecule has 0 radical (unpaired) electrons. The van der Waals surface area contributed by atoms with Gasteiger partial charge in [0.05, 0.1) is 5.56 Å². The van der Waals surface area contributed by atoms with Crippen LogP contribution in [0.2, 0.25) is 0 Å². The van der Waals surface area contributed by atoms with E-state index in [2.05, 4.69) is 17.1 Å². The van der Waals surface area contributed by atoms with Crippen molar-refractivity contribution in [2.24, 2.45) is 0 Å². The lowest BCUT2D eigenvalue weighted by Crippen LogP contribution is -2.08. The second-order valence-electron chi connectivity index (χ2n) is 6.05. The van der Waals surface area contributed by atoms with E-state index in [0.29, 0.717) is 11.3 Å². The molecule has 0 amide bonds. The van der Waals surface area contributed by atoms with Crippen LogP contribution in [-0.4, -0.2) is 11.0 Å². The molecule has 0 atom stereocenters. The number of aromatic nitrogens is 1. The molecule has 4 rings (SSSR count). The molecule has 3 aromatic carbocycles. The lowest BCUT2D eigenvalue weighted by molar-refractivity contribution is 0.0735. The standard InChI is InChI=1S/C22H17NO2/c1-15-5-4-7-19(13-15)25-22(24)17-11-9-16(10-12-17)21-14-18-6-2-3-8-20(18)23-21/h2-14,23H,1H3. The Morgan fingerprint density at radius 3 is 2.44 bits per heavy atom. The van der Waals surface area contributed by atoms with Crippen molar-refractivity contribution in [1.82, 2.24) is 4.98 Å². The van der Waals surface area contributed by atoms with E-state index < -0.39 is 0 Å². The Hall–Kier alpha value is -3.33. The molecule has 3 nitrogen and oxygen atoms in total. The summed E-state index contributed by atoms with van der Waals surface area (Å²) < 4.78 is 5.43. The van der Waals surface area contributed by atoms with Gasteiger partial charge in [-0.1, -0.05) is 42.5 Å². The summed E-state index contributed by atoms with van der Waals surface area (Å²) in [6.45, 7) is 1.96. The van der Waals surface area contributed by atoms with Crippen LogP contribution in [0, 0.1) is 6.92 Å². The third-order valence-corrected chi connectivity index (χ3v) is 4.16. The SMILES string of the molecule is Cc1cccc(OC(=O)c2ccc(-c3cc4ccccc4[nH]3)cc2)c1. The highest BCUT2D eigenvalue weighted by Gasteiger charge is 2.10. The molecule has 0 saturated heterocycles. The fraction of sp³-hybridized carbons (Fsp3) is 0.0455. The van der Waals surface area contributed by atoms with E-state index in [1.807, 2.05) is 55.5 Å². The van der Waals surface area contributed by atoms with E-state index >= 15 is 0 Å². The molecule has 0 spiro atoms. The zero-order valence-corrected chi connectivity index (χ0v) is 13.8. The number of aryl methyl sites for hydroxylation is 1. The van der Waals surface area contributed by atoms with Gasteiger partial charge in [0.2, 0.25) is 0 Å². The van der Waals surface area contributed by atoms with E-state index in [4.69, 9.17) is 4.74 Å². The number of rotatable bonds is 3. The van der Waals surface area contributed by atoms with Crippen LogP contribution < -0.4 is 4.74 Å². The Balaban J connectivity index is 1.56. The van der Waals surface area contributed by atoms with Gasteiger partial charge in [0, 0.05) is 16.6 Å². The first-order chi connectivity index (χ1) is 12.2. The van der Waals surface area contributed by atoms with Crippen LogP contribution in [-0.2, 0) is 0 Å². The predicted octanol–water partition coefficient (Wildman–Crippen LogP) is 5.36. The summed E-state index contributed by atoms with van der Waals surface area (Å²) in [7, 11) is 0. The Bertz CT molecular complexity index is 1010. The molecule has 0 aliphatic carbocycles. The number of esters is 1. The molecule has 0 unspecified atom stereocenters. The molecule has 4 aromatic rings. The molecular formula is C22H17NO2. The van der Waals surface area contributed by atoms with Crippen molar-refractivity contribution in [3.05, 3.63) is 90.0 Å². The number of carbonyl (C=O) groups excluding carboxylic acids is 1. The summed E-state index contributed by atoms with van der Waals surface area (Å²) >= 11 is 0. The van der Waals surface area contributed by atoms with Gasteiger partial charge in [-0.2, -0.15) is 0 Å². The molecule has 3 heteroatoms. The number of carbonyl (C=O) groups is 1. The first-order valence-corrected chi connectivity index (χ1v) is 8.16. The highest BCUT2D eigenvalue weighted by molar-refractivity contribution is 5.92. The van der Waals surface area contributed by atoms with Crippen LogP contribution in [0.25, 0.3) is 22.2 Å². The van der Waals surface area contributed by atoms with E-state index in [-0.39, 0.29) is 5.97 Å². The number of nitrogens with one attached hydrogen (secondary N) is 1. The number of aromatic amines is 1. The predicted molar refractivity (Wildman–Crippen MR) is 99.9 cm³/mol. The first kappa shape index (κ1) is 15.2. The molecule has 1 aromatic heterocycles. The van der Waals surface area contributed by atoms with Gasteiger partial charge in [-0.25, -0.2) is 4.79 Å². The fourth-order valence-corrected chi connectivity index (χ4v) is 2.86. The van der Waals surface area contributed by atoms with Gasteiger partial charge in [0.15, 0.2) is 0 Å². The van der Waals surface area contributed by atoms with E-state index in [1.165, 1.54) is 5.39 Å². The second kappa shape index (κ2) is 6.29. The Morgan fingerprint density at radius 1 is 0.880 bits per heavy atom. The highest BCUT2D eigenvalue weighted by Crippen LogP contribution is 2.24. The fourth-order valence-electron chi connectivity index (χ4n) is 2.86. The number of para-hydroxylation sites is 1. The van der Waals surface area contributed by atoms with E-state index in [1.54, 1.807) is 18.2 Å². The van der Waals surface area contributed by atoms with Crippen molar-refractivity contribution in [1.29, 1.82) is 0 Å². The lowest BCUT2D eigenvalue weighted by Gasteiger charge is -2.06. The van der Waals surface area contributed by atoms with Gasteiger partial charge in [-0.05, 0) is 54.4 Å². The summed E-state index contributed by atoms with van der Waals surface area (Å²) in [5, 5.41) is 1.17. The zero-order chi connectivity index (χ0) is 17.2. The largest absolute Gasteiger partial charge is 0.423 e. The third kappa shape index (κ3) is 3.17. The smallest absolute Gasteiger partial charge is 0.343 e. The molecule has 122 valence electrons. The molecule has 0 bridgehead atoms. The molecule has 1 heterocycles. The maximum atomic E-state index is 12.3. The Kier molecular flexibility index (Phi) is 3.82. The number of fused-ring (bicyclic) bond motifs is 1. The summed E-state index contributed by atoms with van der Waals surface area (Å²) in [5.41, 5.74) is 4.74. The Labute approximate surface area is 145 Å².